The molecule has 0 saturated heterocycles. The first-order chi connectivity index (χ1) is 12.3. The van der Waals surface area contributed by atoms with Crippen molar-refractivity contribution in [3.05, 3.63) is 48.3 Å². The van der Waals surface area contributed by atoms with Crippen molar-refractivity contribution in [3.63, 3.8) is 0 Å². The molecule has 3 rings (SSSR count). The van der Waals surface area contributed by atoms with Gasteiger partial charge in [-0.25, -0.2) is 4.68 Å². The summed E-state index contributed by atoms with van der Waals surface area (Å²) >= 11 is 0. The Morgan fingerprint density at radius 1 is 1.41 bits per heavy atom. The molecule has 3 atom stereocenters. The number of nitrogens with zero attached hydrogens (tertiary/aromatic N) is 2. The zero-order valence-corrected chi connectivity index (χ0v) is 17.1. The summed E-state index contributed by atoms with van der Waals surface area (Å²) in [5, 5.41) is 7.40. The van der Waals surface area contributed by atoms with Crippen LogP contribution in [0.25, 0.3) is 5.69 Å². The molecule has 0 aliphatic heterocycles. The fourth-order valence-electron chi connectivity index (χ4n) is 3.70. The van der Waals surface area contributed by atoms with Gasteiger partial charge in [0, 0.05) is 30.8 Å². The Hall–Kier alpha value is -1.89. The molecule has 1 heterocycles. The third-order valence-electron chi connectivity index (χ3n) is 5.74. The SMILES string of the molecule is CCOC1CC(N)(C(=O)NC(C)c2ccccc2-n2cccn2)C1(C)C.Cl. The van der Waals surface area contributed by atoms with Crippen LogP contribution in [0.3, 0.4) is 0 Å². The van der Waals surface area contributed by atoms with Crippen LogP contribution in [0.5, 0.6) is 0 Å². The fraction of sp³-hybridized carbons (Fsp3) is 0.500. The van der Waals surface area contributed by atoms with Crippen molar-refractivity contribution in [3.8, 4) is 5.69 Å². The lowest BCUT2D eigenvalue weighted by atomic mass is 9.54. The summed E-state index contributed by atoms with van der Waals surface area (Å²) in [4.78, 5) is 13.0. The lowest BCUT2D eigenvalue weighted by Crippen LogP contribution is -2.75. The van der Waals surface area contributed by atoms with E-state index in [1.54, 1.807) is 10.9 Å². The monoisotopic (exact) mass is 392 g/mol. The fourth-order valence-corrected chi connectivity index (χ4v) is 3.70. The molecule has 1 aromatic heterocycles. The Balaban J connectivity index is 0.00000261. The first kappa shape index (κ1) is 21.4. The number of halogens is 1. The number of aromatic nitrogens is 2. The van der Waals surface area contributed by atoms with Gasteiger partial charge >= 0.3 is 0 Å². The van der Waals surface area contributed by atoms with Gasteiger partial charge in [0.05, 0.1) is 17.8 Å². The maximum Gasteiger partial charge on any atom is 0.241 e. The summed E-state index contributed by atoms with van der Waals surface area (Å²) in [5.74, 6) is -0.138. The normalized spacial score (nSPS) is 24.4. The quantitative estimate of drug-likeness (QED) is 0.791. The number of benzene rings is 1. The van der Waals surface area contributed by atoms with E-state index in [-0.39, 0.29) is 30.5 Å². The van der Waals surface area contributed by atoms with Gasteiger partial charge in [-0.15, -0.1) is 12.4 Å². The number of carbonyl (C=O) groups is 1. The number of para-hydroxylation sites is 1. The average Bonchev–Trinajstić information content (AvgIpc) is 3.15. The van der Waals surface area contributed by atoms with Gasteiger partial charge in [0.15, 0.2) is 0 Å². The van der Waals surface area contributed by atoms with Crippen LogP contribution >= 0.6 is 12.4 Å². The zero-order valence-electron chi connectivity index (χ0n) is 16.3. The summed E-state index contributed by atoms with van der Waals surface area (Å²) in [5.41, 5.74) is 7.09. The summed E-state index contributed by atoms with van der Waals surface area (Å²) in [6.45, 7) is 8.55. The first-order valence-corrected chi connectivity index (χ1v) is 9.11. The summed E-state index contributed by atoms with van der Waals surface area (Å²) in [7, 11) is 0. The Labute approximate surface area is 166 Å². The van der Waals surface area contributed by atoms with Crippen molar-refractivity contribution in [1.82, 2.24) is 15.1 Å². The topological polar surface area (TPSA) is 82.2 Å². The molecule has 2 aromatic rings. The number of hydrogen-bond acceptors (Lipinski definition) is 4. The van der Waals surface area contributed by atoms with Crippen LogP contribution in [0.4, 0.5) is 0 Å². The van der Waals surface area contributed by atoms with Crippen LogP contribution in [-0.2, 0) is 9.53 Å². The minimum Gasteiger partial charge on any atom is -0.378 e. The molecule has 148 valence electrons. The molecule has 7 heteroatoms. The van der Waals surface area contributed by atoms with Crippen molar-refractivity contribution in [2.45, 2.75) is 51.8 Å². The number of carbonyl (C=O) groups excluding carboxylic acids is 1. The molecule has 1 saturated carbocycles. The number of nitrogens with two attached hydrogens (primary N) is 1. The van der Waals surface area contributed by atoms with E-state index in [9.17, 15) is 4.79 Å². The standard InChI is InChI=1S/C20H28N4O2.ClH/c1-5-26-17-13-20(21,19(17,3)4)18(25)23-14(2)15-9-6-7-10-16(15)24-12-8-11-22-24;/h6-12,14,17H,5,13,21H2,1-4H3,(H,23,25);1H. The number of amides is 1. The van der Waals surface area contributed by atoms with Crippen molar-refractivity contribution in [1.29, 1.82) is 0 Å². The lowest BCUT2D eigenvalue weighted by molar-refractivity contribution is -0.171. The van der Waals surface area contributed by atoms with Crippen molar-refractivity contribution < 1.29 is 9.53 Å². The molecule has 27 heavy (non-hydrogen) atoms. The highest BCUT2D eigenvalue weighted by Crippen LogP contribution is 2.50. The van der Waals surface area contributed by atoms with E-state index in [2.05, 4.69) is 10.4 Å². The predicted octanol–water partition coefficient (Wildman–Crippen LogP) is 3.00. The van der Waals surface area contributed by atoms with Crippen LogP contribution in [0.15, 0.2) is 42.7 Å². The van der Waals surface area contributed by atoms with Gasteiger partial charge in [-0.3, -0.25) is 4.79 Å². The second-order valence-electron chi connectivity index (χ2n) is 7.55. The Morgan fingerprint density at radius 2 is 2.11 bits per heavy atom. The van der Waals surface area contributed by atoms with E-state index in [0.717, 1.165) is 11.3 Å². The summed E-state index contributed by atoms with van der Waals surface area (Å²) in [6, 6.07) is 9.59. The second kappa shape index (κ2) is 8.00. The lowest BCUT2D eigenvalue weighted by Gasteiger charge is -2.57. The first-order valence-electron chi connectivity index (χ1n) is 9.11. The van der Waals surface area contributed by atoms with Crippen molar-refractivity contribution >= 4 is 18.3 Å². The molecular weight excluding hydrogens is 364 g/mol. The predicted molar refractivity (Wildman–Crippen MR) is 108 cm³/mol. The number of rotatable bonds is 6. The van der Waals surface area contributed by atoms with Gasteiger partial charge in [-0.2, -0.15) is 5.10 Å². The minimum absolute atomic E-state index is 0. The molecule has 1 aliphatic rings. The number of hydrogen-bond donors (Lipinski definition) is 2. The maximum atomic E-state index is 13.0. The molecule has 0 spiro atoms. The van der Waals surface area contributed by atoms with Crippen molar-refractivity contribution in [2.24, 2.45) is 11.1 Å². The van der Waals surface area contributed by atoms with Gasteiger partial charge < -0.3 is 15.8 Å². The van der Waals surface area contributed by atoms with E-state index in [1.165, 1.54) is 0 Å². The molecule has 3 unspecified atom stereocenters. The molecule has 1 aliphatic carbocycles. The number of nitrogens with one attached hydrogen (secondary N) is 1. The van der Waals surface area contributed by atoms with Gasteiger partial charge in [0.1, 0.15) is 5.54 Å². The van der Waals surface area contributed by atoms with E-state index in [4.69, 9.17) is 10.5 Å². The van der Waals surface area contributed by atoms with E-state index in [1.807, 2.05) is 64.2 Å². The average molecular weight is 393 g/mol. The van der Waals surface area contributed by atoms with Gasteiger partial charge in [0.2, 0.25) is 5.91 Å². The van der Waals surface area contributed by atoms with E-state index < -0.39 is 11.0 Å². The molecule has 0 bridgehead atoms. The van der Waals surface area contributed by atoms with E-state index in [0.29, 0.717) is 13.0 Å². The summed E-state index contributed by atoms with van der Waals surface area (Å²) in [6.07, 6.45) is 4.17. The van der Waals surface area contributed by atoms with Crippen molar-refractivity contribution in [2.75, 3.05) is 6.61 Å². The Bertz CT molecular complexity index is 778. The highest BCUT2D eigenvalue weighted by atomic mass is 35.5. The maximum absolute atomic E-state index is 13.0. The smallest absolute Gasteiger partial charge is 0.241 e. The van der Waals surface area contributed by atoms with Crippen LogP contribution in [0.1, 0.15) is 45.7 Å². The largest absolute Gasteiger partial charge is 0.378 e. The molecule has 1 amide bonds. The molecule has 6 nitrogen and oxygen atoms in total. The van der Waals surface area contributed by atoms with Gasteiger partial charge in [-0.05, 0) is 31.5 Å². The minimum atomic E-state index is -0.929. The molecule has 0 radical (unpaired) electrons. The molecule has 1 fully saturated rings. The molecule has 3 N–H and O–H groups in total. The second-order valence-corrected chi connectivity index (χ2v) is 7.55. The van der Waals surface area contributed by atoms with Crippen LogP contribution in [0, 0.1) is 5.41 Å². The molecule has 1 aromatic carbocycles. The van der Waals surface area contributed by atoms with Crippen LogP contribution < -0.4 is 11.1 Å². The third kappa shape index (κ3) is 3.61. The Morgan fingerprint density at radius 3 is 2.70 bits per heavy atom. The van der Waals surface area contributed by atoms with Crippen LogP contribution in [0.2, 0.25) is 0 Å². The van der Waals surface area contributed by atoms with Gasteiger partial charge in [-0.1, -0.05) is 32.0 Å². The highest BCUT2D eigenvalue weighted by molar-refractivity contribution is 5.89. The summed E-state index contributed by atoms with van der Waals surface area (Å²) < 4.78 is 7.52. The molecular formula is C20H29ClN4O2. The highest BCUT2D eigenvalue weighted by Gasteiger charge is 2.62. The third-order valence-corrected chi connectivity index (χ3v) is 5.74. The van der Waals surface area contributed by atoms with Crippen LogP contribution in [-0.4, -0.2) is 33.9 Å². The van der Waals surface area contributed by atoms with Gasteiger partial charge in [0.25, 0.3) is 0 Å². The zero-order chi connectivity index (χ0) is 18.9. The Kier molecular flexibility index (Phi) is 6.35. The number of ether oxygens (including phenoxy) is 1. The van der Waals surface area contributed by atoms with E-state index >= 15 is 0 Å².